The van der Waals surface area contributed by atoms with E-state index in [1.165, 1.54) is 11.3 Å². The fourth-order valence-corrected chi connectivity index (χ4v) is 3.26. The van der Waals surface area contributed by atoms with Crippen molar-refractivity contribution in [2.45, 2.75) is 6.42 Å². The van der Waals surface area contributed by atoms with Crippen molar-refractivity contribution in [3.05, 3.63) is 40.4 Å². The first kappa shape index (κ1) is 14.5. The van der Waals surface area contributed by atoms with Crippen molar-refractivity contribution < 1.29 is 4.79 Å². The highest BCUT2D eigenvalue weighted by Gasteiger charge is 2.17. The summed E-state index contributed by atoms with van der Waals surface area (Å²) in [6, 6.07) is 7.61. The third-order valence-corrected chi connectivity index (χ3v) is 4.71. The highest BCUT2D eigenvalue weighted by molar-refractivity contribution is 7.13. The van der Waals surface area contributed by atoms with Crippen molar-refractivity contribution in [2.75, 3.05) is 19.6 Å². The number of hydrogen-bond donors (Lipinski definition) is 2. The second-order valence-electron chi connectivity index (χ2n) is 5.13. The maximum absolute atomic E-state index is 11.9. The molecule has 3 rings (SSSR count). The van der Waals surface area contributed by atoms with E-state index in [0.29, 0.717) is 17.4 Å². The number of rotatable bonds is 5. The second-order valence-corrected chi connectivity index (χ2v) is 6.39. The fraction of sp³-hybridized carbons (Fsp3) is 0.333. The lowest BCUT2D eigenvalue weighted by atomic mass is 10.0. The Morgan fingerprint density at radius 3 is 2.95 bits per heavy atom. The molecule has 1 aliphatic heterocycles. The smallest absolute Gasteiger partial charge is 0.226 e. The number of aromatic nitrogens is 1. The summed E-state index contributed by atoms with van der Waals surface area (Å²) in [5.74, 6) is 0.598. The van der Waals surface area contributed by atoms with Crippen molar-refractivity contribution >= 4 is 28.8 Å². The molecule has 0 bridgehead atoms. The lowest BCUT2D eigenvalue weighted by Crippen LogP contribution is -2.48. The highest BCUT2D eigenvalue weighted by atomic mass is 35.5. The average Bonchev–Trinajstić information content (AvgIpc) is 2.85. The Labute approximate surface area is 132 Å². The van der Waals surface area contributed by atoms with Crippen LogP contribution in [0.1, 0.15) is 5.69 Å². The lowest BCUT2D eigenvalue weighted by Gasteiger charge is -2.26. The molecule has 1 fully saturated rings. The van der Waals surface area contributed by atoms with E-state index in [-0.39, 0.29) is 5.91 Å². The number of nitrogens with one attached hydrogen (secondary N) is 2. The van der Waals surface area contributed by atoms with E-state index < -0.39 is 0 Å². The molecule has 2 N–H and O–H groups in total. The predicted octanol–water partition coefficient (Wildman–Crippen LogP) is 2.34. The molecule has 1 aliphatic rings. The number of hydrogen-bond acceptors (Lipinski definition) is 4. The van der Waals surface area contributed by atoms with Crippen LogP contribution in [0.4, 0.5) is 0 Å². The van der Waals surface area contributed by atoms with Gasteiger partial charge in [-0.2, -0.15) is 0 Å². The molecular weight excluding hydrogens is 306 g/mol. The normalized spacial score (nSPS) is 14.7. The van der Waals surface area contributed by atoms with Crippen LogP contribution in [-0.2, 0) is 11.2 Å². The zero-order valence-corrected chi connectivity index (χ0v) is 13.0. The maximum Gasteiger partial charge on any atom is 0.226 e. The standard InChI is InChI=1S/C15H16ClN3OS/c16-13-4-2-1-3-12(13)15-19-11(9-21-15)5-14(20)18-8-10-6-17-7-10/h1-4,9-10,17H,5-8H2,(H,18,20). The molecule has 0 radical (unpaired) electrons. The highest BCUT2D eigenvalue weighted by Crippen LogP contribution is 2.30. The van der Waals surface area contributed by atoms with Gasteiger partial charge < -0.3 is 10.6 Å². The van der Waals surface area contributed by atoms with Crippen LogP contribution in [0.15, 0.2) is 29.6 Å². The molecule has 6 heteroatoms. The Kier molecular flexibility index (Phi) is 4.53. The van der Waals surface area contributed by atoms with Gasteiger partial charge in [-0.3, -0.25) is 4.79 Å². The van der Waals surface area contributed by atoms with E-state index in [0.717, 1.165) is 35.9 Å². The minimum absolute atomic E-state index is 0.0258. The topological polar surface area (TPSA) is 54.0 Å². The first-order valence-electron chi connectivity index (χ1n) is 6.89. The van der Waals surface area contributed by atoms with Crippen molar-refractivity contribution in [1.82, 2.24) is 15.6 Å². The number of thiazole rings is 1. The summed E-state index contributed by atoms with van der Waals surface area (Å²) in [5, 5.41) is 9.59. The van der Waals surface area contributed by atoms with Gasteiger partial charge in [-0.25, -0.2) is 4.98 Å². The zero-order chi connectivity index (χ0) is 14.7. The van der Waals surface area contributed by atoms with Crippen LogP contribution in [0.3, 0.4) is 0 Å². The molecule has 0 atom stereocenters. The summed E-state index contributed by atoms with van der Waals surface area (Å²) >= 11 is 7.68. The number of amides is 1. The minimum Gasteiger partial charge on any atom is -0.355 e. The Morgan fingerprint density at radius 1 is 1.43 bits per heavy atom. The van der Waals surface area contributed by atoms with Gasteiger partial charge in [0.1, 0.15) is 5.01 Å². The number of carbonyl (C=O) groups excluding carboxylic acids is 1. The summed E-state index contributed by atoms with van der Waals surface area (Å²) in [5.41, 5.74) is 1.70. The van der Waals surface area contributed by atoms with Crippen LogP contribution < -0.4 is 10.6 Å². The van der Waals surface area contributed by atoms with Crippen LogP contribution in [-0.4, -0.2) is 30.5 Å². The lowest BCUT2D eigenvalue weighted by molar-refractivity contribution is -0.120. The molecule has 4 nitrogen and oxygen atoms in total. The molecule has 21 heavy (non-hydrogen) atoms. The third kappa shape index (κ3) is 3.61. The molecule has 2 heterocycles. The molecule has 2 aromatic rings. The minimum atomic E-state index is 0.0258. The summed E-state index contributed by atoms with van der Waals surface area (Å²) in [6.07, 6.45) is 0.321. The average molecular weight is 322 g/mol. The molecule has 110 valence electrons. The maximum atomic E-state index is 11.9. The largest absolute Gasteiger partial charge is 0.355 e. The van der Waals surface area contributed by atoms with Crippen LogP contribution in [0, 0.1) is 5.92 Å². The van der Waals surface area contributed by atoms with Crippen LogP contribution in [0.2, 0.25) is 5.02 Å². The number of benzene rings is 1. The van der Waals surface area contributed by atoms with Gasteiger partial charge in [0, 0.05) is 36.5 Å². The summed E-state index contributed by atoms with van der Waals surface area (Å²) in [7, 11) is 0. The van der Waals surface area contributed by atoms with Gasteiger partial charge in [-0.15, -0.1) is 11.3 Å². The molecule has 1 amide bonds. The SMILES string of the molecule is O=C(Cc1csc(-c2ccccc2Cl)n1)NCC1CNC1. The van der Waals surface area contributed by atoms with Crippen molar-refractivity contribution in [3.8, 4) is 10.6 Å². The molecule has 1 saturated heterocycles. The number of halogens is 1. The van der Waals surface area contributed by atoms with Crippen molar-refractivity contribution in [1.29, 1.82) is 0 Å². The summed E-state index contributed by atoms with van der Waals surface area (Å²) in [6.45, 7) is 2.73. The Hall–Kier alpha value is -1.43. The molecule has 0 unspecified atom stereocenters. The van der Waals surface area contributed by atoms with Gasteiger partial charge in [-0.1, -0.05) is 29.8 Å². The van der Waals surface area contributed by atoms with Gasteiger partial charge in [-0.05, 0) is 6.07 Å². The van der Waals surface area contributed by atoms with Crippen molar-refractivity contribution in [3.63, 3.8) is 0 Å². The quantitative estimate of drug-likeness (QED) is 0.888. The Balaban J connectivity index is 1.59. The van der Waals surface area contributed by atoms with Gasteiger partial charge in [0.15, 0.2) is 0 Å². The molecule has 1 aromatic carbocycles. The van der Waals surface area contributed by atoms with Crippen LogP contribution >= 0.6 is 22.9 Å². The van der Waals surface area contributed by atoms with E-state index in [9.17, 15) is 4.79 Å². The molecule has 0 spiro atoms. The summed E-state index contributed by atoms with van der Waals surface area (Å²) in [4.78, 5) is 16.4. The van der Waals surface area contributed by atoms with Gasteiger partial charge in [0.25, 0.3) is 0 Å². The van der Waals surface area contributed by atoms with Gasteiger partial charge in [0.2, 0.25) is 5.91 Å². The zero-order valence-electron chi connectivity index (χ0n) is 11.4. The fourth-order valence-electron chi connectivity index (χ4n) is 2.12. The molecule has 1 aromatic heterocycles. The van der Waals surface area contributed by atoms with Crippen LogP contribution in [0.25, 0.3) is 10.6 Å². The number of nitrogens with zero attached hydrogens (tertiary/aromatic N) is 1. The van der Waals surface area contributed by atoms with Gasteiger partial charge >= 0.3 is 0 Å². The Morgan fingerprint density at radius 2 is 2.24 bits per heavy atom. The first-order chi connectivity index (χ1) is 10.2. The van der Waals surface area contributed by atoms with E-state index in [1.807, 2.05) is 29.6 Å². The van der Waals surface area contributed by atoms with Gasteiger partial charge in [0.05, 0.1) is 17.1 Å². The molecule has 0 saturated carbocycles. The third-order valence-electron chi connectivity index (χ3n) is 3.45. The monoisotopic (exact) mass is 321 g/mol. The summed E-state index contributed by atoms with van der Waals surface area (Å²) < 4.78 is 0. The van der Waals surface area contributed by atoms with E-state index >= 15 is 0 Å². The van der Waals surface area contributed by atoms with Crippen LogP contribution in [0.5, 0.6) is 0 Å². The van der Waals surface area contributed by atoms with E-state index in [4.69, 9.17) is 11.6 Å². The first-order valence-corrected chi connectivity index (χ1v) is 8.15. The predicted molar refractivity (Wildman–Crippen MR) is 85.6 cm³/mol. The molecule has 0 aliphatic carbocycles. The number of carbonyl (C=O) groups is 1. The van der Waals surface area contributed by atoms with E-state index in [2.05, 4.69) is 15.6 Å². The van der Waals surface area contributed by atoms with E-state index in [1.54, 1.807) is 0 Å². The molecular formula is C15H16ClN3OS. The second kappa shape index (κ2) is 6.56. The van der Waals surface area contributed by atoms with Crippen molar-refractivity contribution in [2.24, 2.45) is 5.92 Å². The Bertz CT molecular complexity index is 639.